The first kappa shape index (κ1) is 26.7. The number of hydrogen-bond donors (Lipinski definition) is 1. The highest BCUT2D eigenvalue weighted by atomic mass is 32.1. The Balaban J connectivity index is 1.78. The zero-order valence-electron chi connectivity index (χ0n) is 21.4. The molecule has 1 aliphatic heterocycles. The summed E-state index contributed by atoms with van der Waals surface area (Å²) >= 11 is 1.40. The van der Waals surface area contributed by atoms with Crippen molar-refractivity contribution >= 4 is 29.0 Å². The summed E-state index contributed by atoms with van der Waals surface area (Å²) in [6.45, 7) is 7.41. The van der Waals surface area contributed by atoms with Gasteiger partial charge >= 0.3 is 11.9 Å². The van der Waals surface area contributed by atoms with Gasteiger partial charge in [0.25, 0.3) is 5.69 Å². The number of nitrogens with zero attached hydrogens (tertiary/aromatic N) is 2. The minimum Gasteiger partial charge on any atom is -0.463 e. The van der Waals surface area contributed by atoms with Gasteiger partial charge in [-0.1, -0.05) is 30.3 Å². The number of aromatic nitrogens is 1. The second-order valence-electron chi connectivity index (χ2n) is 8.55. The van der Waals surface area contributed by atoms with Crippen LogP contribution in [0.2, 0.25) is 0 Å². The predicted octanol–water partition coefficient (Wildman–Crippen LogP) is 5.75. The topological polar surface area (TPSA) is 121 Å². The van der Waals surface area contributed by atoms with Crippen LogP contribution in [-0.2, 0) is 19.1 Å². The molecule has 0 spiro atoms. The molecule has 2 heterocycles. The van der Waals surface area contributed by atoms with Crippen LogP contribution in [-0.4, -0.2) is 35.1 Å². The number of carbonyl (C=O) groups is 2. The van der Waals surface area contributed by atoms with E-state index in [-0.39, 0.29) is 18.9 Å². The van der Waals surface area contributed by atoms with Crippen LogP contribution in [0, 0.1) is 10.1 Å². The van der Waals surface area contributed by atoms with Crippen molar-refractivity contribution in [3.05, 3.63) is 92.1 Å². The maximum atomic E-state index is 13.1. The normalized spacial score (nSPS) is 13.8. The lowest BCUT2D eigenvalue weighted by Gasteiger charge is -2.30. The van der Waals surface area contributed by atoms with Gasteiger partial charge in [-0.25, -0.2) is 14.6 Å². The lowest BCUT2D eigenvalue weighted by molar-refractivity contribution is -0.384. The SMILES string of the molecule is CCOC(=O)C1=C(C)NC(C)=C(C(=O)OCC)C1c1cccc(-c2nc(-c3cccc([N+](=O)[O-])c3)cs2)c1. The number of thiazole rings is 1. The Morgan fingerprint density at radius 2 is 1.58 bits per heavy atom. The van der Waals surface area contributed by atoms with Crippen LogP contribution in [0.4, 0.5) is 5.69 Å². The van der Waals surface area contributed by atoms with Gasteiger partial charge in [-0.3, -0.25) is 10.1 Å². The van der Waals surface area contributed by atoms with Crippen molar-refractivity contribution in [3.8, 4) is 21.8 Å². The van der Waals surface area contributed by atoms with E-state index in [9.17, 15) is 19.7 Å². The Hall–Kier alpha value is -4.31. The number of nitro groups is 1. The zero-order chi connectivity index (χ0) is 27.4. The molecule has 3 aromatic rings. The average Bonchev–Trinajstić information content (AvgIpc) is 3.39. The standard InChI is InChI=1S/C28H27N3O6S/c1-5-36-27(32)23-16(3)29-17(4)24(28(33)37-6-2)25(23)19-10-7-11-20(13-19)26-30-22(15-38-26)18-9-8-12-21(14-18)31(34)35/h7-15,25,29H,5-6H2,1-4H3. The van der Waals surface area contributed by atoms with Crippen LogP contribution in [0.3, 0.4) is 0 Å². The predicted molar refractivity (Wildman–Crippen MR) is 144 cm³/mol. The van der Waals surface area contributed by atoms with E-state index in [1.807, 2.05) is 29.6 Å². The fourth-order valence-corrected chi connectivity index (χ4v) is 5.28. The molecule has 4 rings (SSSR count). The molecule has 0 saturated carbocycles. The van der Waals surface area contributed by atoms with Gasteiger partial charge in [0.05, 0.1) is 40.9 Å². The van der Waals surface area contributed by atoms with Crippen LogP contribution in [0.25, 0.3) is 21.8 Å². The molecule has 0 atom stereocenters. The Morgan fingerprint density at radius 3 is 2.18 bits per heavy atom. The number of hydrogen-bond acceptors (Lipinski definition) is 9. The van der Waals surface area contributed by atoms with E-state index >= 15 is 0 Å². The quantitative estimate of drug-likeness (QED) is 0.221. The molecule has 1 aromatic heterocycles. The molecule has 2 aromatic carbocycles. The molecular formula is C28H27N3O6S. The zero-order valence-corrected chi connectivity index (χ0v) is 22.3. The Morgan fingerprint density at radius 1 is 0.974 bits per heavy atom. The number of nitro benzene ring substituents is 1. The van der Waals surface area contributed by atoms with Gasteiger partial charge in [-0.05, 0) is 39.3 Å². The fourth-order valence-electron chi connectivity index (χ4n) is 4.46. The van der Waals surface area contributed by atoms with Crippen molar-refractivity contribution in [2.45, 2.75) is 33.6 Å². The number of esters is 2. The largest absolute Gasteiger partial charge is 0.463 e. The van der Waals surface area contributed by atoms with E-state index in [0.717, 1.165) is 5.56 Å². The van der Waals surface area contributed by atoms with Crippen LogP contribution >= 0.6 is 11.3 Å². The summed E-state index contributed by atoms with van der Waals surface area (Å²) in [6.07, 6.45) is 0. The summed E-state index contributed by atoms with van der Waals surface area (Å²) in [5, 5.41) is 16.9. The van der Waals surface area contributed by atoms with E-state index in [1.165, 1.54) is 23.5 Å². The van der Waals surface area contributed by atoms with Gasteiger partial charge in [-0.2, -0.15) is 0 Å². The van der Waals surface area contributed by atoms with Crippen molar-refractivity contribution in [1.82, 2.24) is 10.3 Å². The molecule has 0 bridgehead atoms. The molecule has 1 N–H and O–H groups in total. The monoisotopic (exact) mass is 533 g/mol. The van der Waals surface area contributed by atoms with Crippen LogP contribution in [0.15, 0.2) is 76.5 Å². The van der Waals surface area contributed by atoms with Gasteiger partial charge in [0.1, 0.15) is 5.01 Å². The molecule has 0 radical (unpaired) electrons. The van der Waals surface area contributed by atoms with Gasteiger partial charge in [0.15, 0.2) is 0 Å². The van der Waals surface area contributed by atoms with Crippen LogP contribution in [0.5, 0.6) is 0 Å². The molecule has 0 saturated heterocycles. The molecule has 38 heavy (non-hydrogen) atoms. The first-order valence-electron chi connectivity index (χ1n) is 12.1. The number of dihydropyridines is 1. The number of ether oxygens (including phenoxy) is 2. The third-order valence-electron chi connectivity index (χ3n) is 6.07. The second kappa shape index (κ2) is 11.4. The molecule has 0 aliphatic carbocycles. The molecule has 9 nitrogen and oxygen atoms in total. The summed E-state index contributed by atoms with van der Waals surface area (Å²) < 4.78 is 10.7. The van der Waals surface area contributed by atoms with Crippen molar-refractivity contribution in [2.75, 3.05) is 13.2 Å². The highest BCUT2D eigenvalue weighted by molar-refractivity contribution is 7.13. The Bertz CT molecular complexity index is 1430. The Kier molecular flexibility index (Phi) is 8.02. The van der Waals surface area contributed by atoms with E-state index in [0.29, 0.717) is 44.4 Å². The third-order valence-corrected chi connectivity index (χ3v) is 6.97. The van der Waals surface area contributed by atoms with E-state index < -0.39 is 22.8 Å². The highest BCUT2D eigenvalue weighted by Gasteiger charge is 2.38. The van der Waals surface area contributed by atoms with E-state index in [4.69, 9.17) is 14.5 Å². The van der Waals surface area contributed by atoms with Crippen molar-refractivity contribution in [3.63, 3.8) is 0 Å². The summed E-state index contributed by atoms with van der Waals surface area (Å²) in [6, 6.07) is 13.8. The highest BCUT2D eigenvalue weighted by Crippen LogP contribution is 2.41. The van der Waals surface area contributed by atoms with Crippen molar-refractivity contribution in [1.29, 1.82) is 0 Å². The maximum Gasteiger partial charge on any atom is 0.336 e. The first-order chi connectivity index (χ1) is 18.2. The minimum absolute atomic E-state index is 0.00717. The number of benzene rings is 2. The molecule has 1 aliphatic rings. The lowest BCUT2D eigenvalue weighted by Crippen LogP contribution is -2.32. The number of nitrogens with one attached hydrogen (secondary N) is 1. The van der Waals surface area contributed by atoms with Gasteiger partial charge in [0.2, 0.25) is 0 Å². The Labute approximate surface area is 224 Å². The number of rotatable bonds is 8. The van der Waals surface area contributed by atoms with Gasteiger partial charge in [0, 0.05) is 40.0 Å². The van der Waals surface area contributed by atoms with Crippen molar-refractivity contribution in [2.24, 2.45) is 0 Å². The third kappa shape index (κ3) is 5.35. The van der Waals surface area contributed by atoms with Crippen LogP contribution in [0.1, 0.15) is 39.2 Å². The van der Waals surface area contributed by atoms with Crippen molar-refractivity contribution < 1.29 is 24.0 Å². The number of non-ortho nitro benzene ring substituents is 1. The summed E-state index contributed by atoms with van der Waals surface area (Å²) in [4.78, 5) is 41.6. The average molecular weight is 534 g/mol. The molecular weight excluding hydrogens is 506 g/mol. The van der Waals surface area contributed by atoms with Gasteiger partial charge < -0.3 is 14.8 Å². The number of carbonyl (C=O) groups excluding carboxylic acids is 2. The van der Waals surface area contributed by atoms with E-state index in [1.54, 1.807) is 39.8 Å². The first-order valence-corrected chi connectivity index (χ1v) is 13.0. The van der Waals surface area contributed by atoms with Gasteiger partial charge in [-0.15, -0.1) is 11.3 Å². The molecule has 196 valence electrons. The second-order valence-corrected chi connectivity index (χ2v) is 9.41. The smallest absolute Gasteiger partial charge is 0.336 e. The summed E-state index contributed by atoms with van der Waals surface area (Å²) in [7, 11) is 0. The molecule has 0 unspecified atom stereocenters. The summed E-state index contributed by atoms with van der Waals surface area (Å²) in [5.41, 5.74) is 4.63. The molecule has 0 amide bonds. The maximum absolute atomic E-state index is 13.1. The minimum atomic E-state index is -0.703. The molecule has 10 heteroatoms. The summed E-state index contributed by atoms with van der Waals surface area (Å²) in [5.74, 6) is -1.72. The number of allylic oxidation sites excluding steroid dienone is 2. The molecule has 0 fully saturated rings. The van der Waals surface area contributed by atoms with Crippen LogP contribution < -0.4 is 5.32 Å². The lowest BCUT2D eigenvalue weighted by atomic mass is 9.80. The van der Waals surface area contributed by atoms with E-state index in [2.05, 4.69) is 5.32 Å². The fraction of sp³-hybridized carbons (Fsp3) is 0.250.